The zero-order valence-electron chi connectivity index (χ0n) is 27.3. The van der Waals surface area contributed by atoms with Crippen molar-refractivity contribution in [3.63, 3.8) is 0 Å². The second-order valence-electron chi connectivity index (χ2n) is 10.6. The number of rotatable bonds is 14. The van der Waals surface area contributed by atoms with E-state index < -0.39 is 17.1 Å². The molecule has 0 aliphatic rings. The molecule has 4 aromatic carbocycles. The van der Waals surface area contributed by atoms with E-state index in [9.17, 15) is 14.4 Å². The minimum atomic E-state index is -0.499. The molecule has 3 N–H and O–H groups in total. The van der Waals surface area contributed by atoms with Gasteiger partial charge in [-0.3, -0.25) is 14.4 Å². The van der Waals surface area contributed by atoms with Crippen LogP contribution in [0.3, 0.4) is 0 Å². The lowest BCUT2D eigenvalue weighted by Gasteiger charge is -2.15. The quantitative estimate of drug-likeness (QED) is 0.0794. The first-order valence-corrected chi connectivity index (χ1v) is 17.4. The molecule has 11 heteroatoms. The van der Waals surface area contributed by atoms with Crippen LogP contribution in [0.25, 0.3) is 17.3 Å². The van der Waals surface area contributed by atoms with Crippen molar-refractivity contribution in [1.29, 1.82) is 0 Å². The number of aromatic nitrogens is 1. The molecule has 250 valence electrons. The first kappa shape index (κ1) is 34.9. The van der Waals surface area contributed by atoms with Crippen molar-refractivity contribution in [3.05, 3.63) is 125 Å². The fourth-order valence-electron chi connectivity index (χ4n) is 4.68. The maximum absolute atomic E-state index is 13.6. The van der Waals surface area contributed by atoms with Gasteiger partial charge in [-0.1, -0.05) is 43.3 Å². The van der Waals surface area contributed by atoms with Crippen molar-refractivity contribution in [2.24, 2.45) is 0 Å². The Hall–Kier alpha value is -5.39. The molecule has 0 saturated carbocycles. The molecule has 5 rings (SSSR count). The van der Waals surface area contributed by atoms with E-state index in [1.165, 1.54) is 23.1 Å². The molecule has 3 amide bonds. The van der Waals surface area contributed by atoms with Crippen LogP contribution in [-0.2, 0) is 9.59 Å². The molecule has 0 aliphatic carbocycles. The van der Waals surface area contributed by atoms with Gasteiger partial charge in [-0.15, -0.1) is 23.1 Å². The zero-order chi connectivity index (χ0) is 34.6. The van der Waals surface area contributed by atoms with E-state index in [1.807, 2.05) is 73.8 Å². The fourth-order valence-corrected chi connectivity index (χ4v) is 6.42. The lowest BCUT2D eigenvalue weighted by atomic mass is 10.1. The van der Waals surface area contributed by atoms with Crippen LogP contribution >= 0.6 is 23.1 Å². The van der Waals surface area contributed by atoms with Crippen LogP contribution in [0.2, 0.25) is 0 Å². The largest absolute Gasteiger partial charge is 0.497 e. The second kappa shape index (κ2) is 17.1. The van der Waals surface area contributed by atoms with Crippen molar-refractivity contribution < 1.29 is 23.9 Å². The van der Waals surface area contributed by atoms with Crippen molar-refractivity contribution in [1.82, 2.24) is 10.3 Å². The third kappa shape index (κ3) is 9.82. The molecule has 49 heavy (non-hydrogen) atoms. The van der Waals surface area contributed by atoms with Gasteiger partial charge >= 0.3 is 0 Å². The average Bonchev–Trinajstić information content (AvgIpc) is 3.60. The number of methoxy groups -OCH3 is 1. The summed E-state index contributed by atoms with van der Waals surface area (Å²) in [5.41, 5.74) is 3.41. The van der Waals surface area contributed by atoms with Crippen LogP contribution in [0.1, 0.15) is 36.2 Å². The predicted octanol–water partition coefficient (Wildman–Crippen LogP) is 8.14. The Bertz CT molecular complexity index is 1910. The Labute approximate surface area is 293 Å². The van der Waals surface area contributed by atoms with E-state index >= 15 is 0 Å². The SMILES string of the molecule is CCOc1ccc(/C=C(/NC(=O)c2ccccc2)C(=O)Nc2cccc(SC(CC)C(=O)Nc3nc(-c4ccc(OC)cc4)cs3)c2)cc1. The van der Waals surface area contributed by atoms with E-state index in [0.717, 1.165) is 21.9 Å². The Morgan fingerprint density at radius 3 is 2.31 bits per heavy atom. The second-order valence-corrected chi connectivity index (χ2v) is 12.8. The average molecular weight is 693 g/mol. The number of thiazole rings is 1. The topological polar surface area (TPSA) is 119 Å². The molecule has 1 heterocycles. The lowest BCUT2D eigenvalue weighted by Crippen LogP contribution is -2.30. The highest BCUT2D eigenvalue weighted by molar-refractivity contribution is 8.00. The molecular formula is C38H36N4O5S2. The van der Waals surface area contributed by atoms with Crippen LogP contribution in [0.4, 0.5) is 10.8 Å². The highest BCUT2D eigenvalue weighted by atomic mass is 32.2. The number of amides is 3. The summed E-state index contributed by atoms with van der Waals surface area (Å²) in [7, 11) is 1.62. The van der Waals surface area contributed by atoms with Gasteiger partial charge in [0.15, 0.2) is 5.13 Å². The highest BCUT2D eigenvalue weighted by Gasteiger charge is 2.21. The lowest BCUT2D eigenvalue weighted by molar-refractivity contribution is -0.116. The van der Waals surface area contributed by atoms with Gasteiger partial charge in [-0.2, -0.15) is 0 Å². The standard InChI is InChI=1S/C38H36N4O5S2/c1-4-34(37(45)42-38-41-33(24-48-38)26-16-20-29(46-3)21-17-26)49-31-13-9-12-28(23-31)39-36(44)32(40-35(43)27-10-7-6-8-11-27)22-25-14-18-30(19-15-25)47-5-2/h6-24,34H,4-5H2,1-3H3,(H,39,44)(H,40,43)(H,41,42,45)/b32-22+. The monoisotopic (exact) mass is 692 g/mol. The predicted molar refractivity (Wildman–Crippen MR) is 197 cm³/mol. The van der Waals surface area contributed by atoms with Crippen molar-refractivity contribution in [2.45, 2.75) is 30.4 Å². The molecule has 0 radical (unpaired) electrons. The summed E-state index contributed by atoms with van der Waals surface area (Å²) >= 11 is 2.75. The van der Waals surface area contributed by atoms with Crippen LogP contribution in [-0.4, -0.2) is 41.7 Å². The minimum Gasteiger partial charge on any atom is -0.497 e. The van der Waals surface area contributed by atoms with Gasteiger partial charge in [0.05, 0.1) is 24.7 Å². The zero-order valence-corrected chi connectivity index (χ0v) is 28.9. The van der Waals surface area contributed by atoms with Crippen molar-refractivity contribution >= 4 is 57.7 Å². The van der Waals surface area contributed by atoms with E-state index in [4.69, 9.17) is 9.47 Å². The van der Waals surface area contributed by atoms with Gasteiger partial charge in [0.1, 0.15) is 17.2 Å². The molecule has 9 nitrogen and oxygen atoms in total. The van der Waals surface area contributed by atoms with Gasteiger partial charge in [0, 0.05) is 27.1 Å². The van der Waals surface area contributed by atoms with Crippen LogP contribution in [0.15, 0.2) is 119 Å². The van der Waals surface area contributed by atoms with Crippen molar-refractivity contribution in [2.75, 3.05) is 24.4 Å². The smallest absolute Gasteiger partial charge is 0.272 e. The molecule has 0 aliphatic heterocycles. The number of nitrogens with zero attached hydrogens (tertiary/aromatic N) is 1. The van der Waals surface area contributed by atoms with Crippen LogP contribution < -0.4 is 25.4 Å². The number of thioether (sulfide) groups is 1. The Balaban J connectivity index is 1.27. The molecule has 1 aromatic heterocycles. The van der Waals surface area contributed by atoms with Gasteiger partial charge in [0.25, 0.3) is 11.8 Å². The summed E-state index contributed by atoms with van der Waals surface area (Å²) < 4.78 is 10.8. The third-order valence-electron chi connectivity index (χ3n) is 7.18. The van der Waals surface area contributed by atoms with Gasteiger partial charge in [-0.05, 0) is 91.7 Å². The van der Waals surface area contributed by atoms with E-state index in [1.54, 1.807) is 61.7 Å². The minimum absolute atomic E-state index is 0.0688. The molecule has 0 bridgehead atoms. The Morgan fingerprint density at radius 1 is 0.878 bits per heavy atom. The summed E-state index contributed by atoms with van der Waals surface area (Å²) in [5, 5.41) is 10.6. The summed E-state index contributed by atoms with van der Waals surface area (Å²) in [6.45, 7) is 4.39. The third-order valence-corrected chi connectivity index (χ3v) is 9.30. The van der Waals surface area contributed by atoms with Crippen molar-refractivity contribution in [3.8, 4) is 22.8 Å². The number of anilines is 2. The Kier molecular flexibility index (Phi) is 12.2. The summed E-state index contributed by atoms with van der Waals surface area (Å²) in [6, 6.07) is 30.8. The molecule has 1 atom stereocenters. The molecule has 5 aromatic rings. The molecule has 1 unspecified atom stereocenters. The summed E-state index contributed by atoms with van der Waals surface area (Å²) in [6.07, 6.45) is 2.19. The molecule has 0 fully saturated rings. The van der Waals surface area contributed by atoms with Crippen LogP contribution in [0, 0.1) is 0 Å². The van der Waals surface area contributed by atoms with Gasteiger partial charge in [0.2, 0.25) is 5.91 Å². The Morgan fingerprint density at radius 2 is 1.61 bits per heavy atom. The van der Waals surface area contributed by atoms with E-state index in [2.05, 4.69) is 20.9 Å². The number of carbonyl (C=O) groups is 3. The van der Waals surface area contributed by atoms with Crippen LogP contribution in [0.5, 0.6) is 11.5 Å². The first-order valence-electron chi connectivity index (χ1n) is 15.6. The number of benzene rings is 4. The van der Waals surface area contributed by atoms with E-state index in [0.29, 0.717) is 40.7 Å². The maximum atomic E-state index is 13.6. The number of ether oxygens (including phenoxy) is 2. The fraction of sp³-hybridized carbons (Fsp3) is 0.158. The van der Waals surface area contributed by atoms with Gasteiger partial charge < -0.3 is 25.4 Å². The number of hydrogen-bond donors (Lipinski definition) is 3. The van der Waals surface area contributed by atoms with E-state index in [-0.39, 0.29) is 11.6 Å². The summed E-state index contributed by atoms with van der Waals surface area (Å²) in [5.74, 6) is 0.389. The first-order chi connectivity index (χ1) is 23.8. The summed E-state index contributed by atoms with van der Waals surface area (Å²) in [4.78, 5) is 45.3. The molecule has 0 spiro atoms. The maximum Gasteiger partial charge on any atom is 0.272 e. The number of hydrogen-bond acceptors (Lipinski definition) is 8. The molecule has 0 saturated heterocycles. The highest BCUT2D eigenvalue weighted by Crippen LogP contribution is 2.31. The number of carbonyl (C=O) groups excluding carboxylic acids is 3. The normalized spacial score (nSPS) is 11.7. The number of nitrogens with one attached hydrogen (secondary N) is 3. The van der Waals surface area contributed by atoms with Gasteiger partial charge in [-0.25, -0.2) is 4.98 Å². The molecular weight excluding hydrogens is 657 g/mol.